The van der Waals surface area contributed by atoms with Crippen LogP contribution in [0.3, 0.4) is 0 Å². The van der Waals surface area contributed by atoms with Crippen molar-refractivity contribution in [2.45, 2.75) is 32.4 Å². The molecule has 184 valence electrons. The maximum Gasteiger partial charge on any atom is 0.254 e. The topological polar surface area (TPSA) is 60.9 Å². The highest BCUT2D eigenvalue weighted by molar-refractivity contribution is 5.95. The second kappa shape index (κ2) is 9.90. The van der Waals surface area contributed by atoms with Gasteiger partial charge in [-0.15, -0.1) is 0 Å². The van der Waals surface area contributed by atoms with E-state index in [0.29, 0.717) is 17.9 Å². The summed E-state index contributed by atoms with van der Waals surface area (Å²) in [5.41, 5.74) is 5.27. The zero-order valence-corrected chi connectivity index (χ0v) is 21.1. The van der Waals surface area contributed by atoms with Crippen LogP contribution in [-0.4, -0.2) is 43.2 Å². The smallest absolute Gasteiger partial charge is 0.254 e. The van der Waals surface area contributed by atoms with Crippen LogP contribution >= 0.6 is 0 Å². The summed E-state index contributed by atoms with van der Waals surface area (Å²) < 4.78 is 16.5. The first-order valence-electron chi connectivity index (χ1n) is 12.1. The van der Waals surface area contributed by atoms with Gasteiger partial charge >= 0.3 is 0 Å². The summed E-state index contributed by atoms with van der Waals surface area (Å²) in [4.78, 5) is 20.7. The third kappa shape index (κ3) is 4.59. The normalized spacial score (nSPS) is 12.9. The molecule has 0 N–H and O–H groups in total. The number of carbonyl (C=O) groups excluding carboxylic acids is 1. The quantitative estimate of drug-likeness (QED) is 0.306. The van der Waals surface area contributed by atoms with Crippen LogP contribution in [0.15, 0.2) is 66.7 Å². The number of ether oxygens (including phenoxy) is 3. The molecule has 1 aromatic heterocycles. The lowest BCUT2D eigenvalue weighted by Gasteiger charge is -2.25. The average Bonchev–Trinajstić information content (AvgIpc) is 3.76. The van der Waals surface area contributed by atoms with Gasteiger partial charge < -0.3 is 19.1 Å². The SMILES string of the molecule is COc1ccc(C(=O)N(Cc2cc3cccc(C)c3nc2-c2cc(OC)ccc2OC)C2CC2)cc1. The Bertz CT molecular complexity index is 1410. The number of pyridine rings is 1. The van der Waals surface area contributed by atoms with Gasteiger partial charge in [-0.25, -0.2) is 4.98 Å². The van der Waals surface area contributed by atoms with Crippen LogP contribution in [0.25, 0.3) is 22.2 Å². The fourth-order valence-electron chi connectivity index (χ4n) is 4.58. The lowest BCUT2D eigenvalue weighted by molar-refractivity contribution is 0.0730. The summed E-state index contributed by atoms with van der Waals surface area (Å²) in [6, 6.07) is 21.5. The van der Waals surface area contributed by atoms with E-state index in [4.69, 9.17) is 19.2 Å². The minimum absolute atomic E-state index is 0.00745. The molecule has 0 unspecified atom stereocenters. The molecule has 6 nitrogen and oxygen atoms in total. The number of hydrogen-bond acceptors (Lipinski definition) is 5. The first kappa shape index (κ1) is 23.7. The van der Waals surface area contributed by atoms with Crippen molar-refractivity contribution >= 4 is 16.8 Å². The van der Waals surface area contributed by atoms with E-state index in [2.05, 4.69) is 25.1 Å². The van der Waals surface area contributed by atoms with Crippen LogP contribution in [-0.2, 0) is 6.54 Å². The van der Waals surface area contributed by atoms with E-state index in [1.165, 1.54) is 0 Å². The van der Waals surface area contributed by atoms with Crippen LogP contribution in [0.2, 0.25) is 0 Å². The highest BCUT2D eigenvalue weighted by atomic mass is 16.5. The van der Waals surface area contributed by atoms with Crippen molar-refractivity contribution in [1.82, 2.24) is 9.88 Å². The predicted octanol–water partition coefficient (Wildman–Crippen LogP) is 6.04. The van der Waals surface area contributed by atoms with E-state index in [9.17, 15) is 4.79 Å². The molecule has 36 heavy (non-hydrogen) atoms. The van der Waals surface area contributed by atoms with Gasteiger partial charge in [0.05, 0.1) is 32.5 Å². The number of nitrogens with zero attached hydrogens (tertiary/aromatic N) is 2. The third-order valence-electron chi connectivity index (χ3n) is 6.71. The highest BCUT2D eigenvalue weighted by Gasteiger charge is 2.34. The van der Waals surface area contributed by atoms with Crippen molar-refractivity contribution in [3.8, 4) is 28.5 Å². The van der Waals surface area contributed by atoms with Gasteiger partial charge in [-0.2, -0.15) is 0 Å². The van der Waals surface area contributed by atoms with Gasteiger partial charge in [0.2, 0.25) is 0 Å². The van der Waals surface area contributed by atoms with Crippen molar-refractivity contribution < 1.29 is 19.0 Å². The zero-order chi connectivity index (χ0) is 25.2. The van der Waals surface area contributed by atoms with Gasteiger partial charge in [-0.1, -0.05) is 18.2 Å². The van der Waals surface area contributed by atoms with Crippen LogP contribution in [0.5, 0.6) is 17.2 Å². The molecule has 1 heterocycles. The van der Waals surface area contributed by atoms with E-state index in [1.807, 2.05) is 53.4 Å². The molecule has 0 spiro atoms. The Balaban J connectivity index is 1.63. The molecule has 0 atom stereocenters. The fraction of sp³-hybridized carbons (Fsp3) is 0.267. The number of methoxy groups -OCH3 is 3. The van der Waals surface area contributed by atoms with Gasteiger partial charge in [0.25, 0.3) is 5.91 Å². The maximum absolute atomic E-state index is 13.6. The van der Waals surface area contributed by atoms with Gasteiger partial charge in [-0.3, -0.25) is 4.79 Å². The number of aryl methyl sites for hydroxylation is 1. The lowest BCUT2D eigenvalue weighted by atomic mass is 10.00. The fourth-order valence-corrected chi connectivity index (χ4v) is 4.58. The maximum atomic E-state index is 13.6. The van der Waals surface area contributed by atoms with Crippen molar-refractivity contribution in [2.24, 2.45) is 0 Å². The molecular weight excluding hydrogens is 452 g/mol. The summed E-state index contributed by atoms with van der Waals surface area (Å²) >= 11 is 0. The van der Waals surface area contributed by atoms with Crippen LogP contribution in [0.1, 0.15) is 34.3 Å². The minimum atomic E-state index is 0.00745. The third-order valence-corrected chi connectivity index (χ3v) is 6.71. The molecule has 0 saturated heterocycles. The molecule has 0 aliphatic heterocycles. The largest absolute Gasteiger partial charge is 0.497 e. The van der Waals surface area contributed by atoms with E-state index in [0.717, 1.165) is 57.6 Å². The molecular formula is C30H30N2O4. The number of amides is 1. The summed E-state index contributed by atoms with van der Waals surface area (Å²) in [7, 11) is 4.92. The molecule has 0 radical (unpaired) electrons. The van der Waals surface area contributed by atoms with Gasteiger partial charge in [0, 0.05) is 29.1 Å². The molecule has 5 rings (SSSR count). The van der Waals surface area contributed by atoms with Gasteiger partial charge in [0.1, 0.15) is 17.2 Å². The Morgan fingerprint density at radius 2 is 1.64 bits per heavy atom. The van der Waals surface area contributed by atoms with Gasteiger partial charge in [-0.05, 0) is 79.4 Å². The van der Waals surface area contributed by atoms with Crippen molar-refractivity contribution in [2.75, 3.05) is 21.3 Å². The Labute approximate surface area is 211 Å². The second-order valence-electron chi connectivity index (χ2n) is 9.10. The number of fused-ring (bicyclic) bond motifs is 1. The number of hydrogen-bond donors (Lipinski definition) is 0. The zero-order valence-electron chi connectivity index (χ0n) is 21.1. The molecule has 1 aliphatic carbocycles. The summed E-state index contributed by atoms with van der Waals surface area (Å²) in [6.07, 6.45) is 2.00. The van der Waals surface area contributed by atoms with Crippen LogP contribution in [0, 0.1) is 6.92 Å². The van der Waals surface area contributed by atoms with Crippen LogP contribution in [0.4, 0.5) is 0 Å². The summed E-state index contributed by atoms with van der Waals surface area (Å²) in [6.45, 7) is 2.51. The molecule has 3 aromatic carbocycles. The monoisotopic (exact) mass is 482 g/mol. The molecule has 1 saturated carbocycles. The number of rotatable bonds is 8. The highest BCUT2D eigenvalue weighted by Crippen LogP contribution is 2.38. The molecule has 0 bridgehead atoms. The number of para-hydroxylation sites is 1. The average molecular weight is 483 g/mol. The Hall–Kier alpha value is -4.06. The predicted molar refractivity (Wildman–Crippen MR) is 141 cm³/mol. The number of benzene rings is 3. The Morgan fingerprint density at radius 1 is 0.917 bits per heavy atom. The molecule has 1 fully saturated rings. The van der Waals surface area contributed by atoms with Crippen molar-refractivity contribution in [3.05, 3.63) is 83.4 Å². The van der Waals surface area contributed by atoms with E-state index < -0.39 is 0 Å². The summed E-state index contributed by atoms with van der Waals surface area (Å²) in [5.74, 6) is 2.16. The van der Waals surface area contributed by atoms with E-state index in [1.54, 1.807) is 21.3 Å². The van der Waals surface area contributed by atoms with Crippen LogP contribution < -0.4 is 14.2 Å². The molecule has 6 heteroatoms. The first-order valence-corrected chi connectivity index (χ1v) is 12.1. The Morgan fingerprint density at radius 3 is 2.31 bits per heavy atom. The molecule has 1 amide bonds. The van der Waals surface area contributed by atoms with Crippen molar-refractivity contribution in [1.29, 1.82) is 0 Å². The van der Waals surface area contributed by atoms with E-state index >= 15 is 0 Å². The van der Waals surface area contributed by atoms with E-state index in [-0.39, 0.29) is 11.9 Å². The molecule has 1 aliphatic rings. The van der Waals surface area contributed by atoms with Gasteiger partial charge in [0.15, 0.2) is 0 Å². The second-order valence-corrected chi connectivity index (χ2v) is 9.10. The first-order chi connectivity index (χ1) is 17.5. The number of carbonyl (C=O) groups is 1. The van der Waals surface area contributed by atoms with Crippen molar-refractivity contribution in [3.63, 3.8) is 0 Å². The number of aromatic nitrogens is 1. The standard InChI is InChI=1S/C30H30N2O4/c1-19-6-5-7-21-16-22(29(31-28(19)21)26-17-25(35-3)14-15-27(26)36-4)18-32(23-10-11-23)30(33)20-8-12-24(34-2)13-9-20/h5-9,12-17,23H,10-11,18H2,1-4H3. The molecule has 4 aromatic rings. The Kier molecular flexibility index (Phi) is 6.51. The minimum Gasteiger partial charge on any atom is -0.497 e. The lowest BCUT2D eigenvalue weighted by Crippen LogP contribution is -2.32. The summed E-state index contributed by atoms with van der Waals surface area (Å²) in [5, 5.41) is 1.04.